The highest BCUT2D eigenvalue weighted by Gasteiger charge is 2.28. The molecular weight excluding hydrogens is 340 g/mol. The van der Waals surface area contributed by atoms with Crippen LogP contribution in [-0.2, 0) is 17.1 Å². The van der Waals surface area contributed by atoms with Crippen molar-refractivity contribution in [2.24, 2.45) is 7.05 Å². The van der Waals surface area contributed by atoms with Gasteiger partial charge in [0.15, 0.2) is 0 Å². The third-order valence-electron chi connectivity index (χ3n) is 4.07. The van der Waals surface area contributed by atoms with Crippen LogP contribution in [0.2, 0.25) is 0 Å². The van der Waals surface area contributed by atoms with Gasteiger partial charge < -0.3 is 4.90 Å². The summed E-state index contributed by atoms with van der Waals surface area (Å²) in [7, 11) is -1.74. The van der Waals surface area contributed by atoms with Crippen LogP contribution in [0.3, 0.4) is 0 Å². The largest absolute Gasteiger partial charge is 0.336 e. The summed E-state index contributed by atoms with van der Waals surface area (Å²) in [5.41, 5.74) is 1.35. The van der Waals surface area contributed by atoms with E-state index in [2.05, 4.69) is 5.10 Å². The Hall–Kier alpha value is -2.45. The number of amides is 1. The van der Waals surface area contributed by atoms with Gasteiger partial charge in [-0.15, -0.1) is 0 Å². The SMILES string of the molecule is Cn1cc(C(=O)N2CCN(S(=O)(=O)/C=C/c3ccccc3)CC2)cn1. The van der Waals surface area contributed by atoms with Crippen LogP contribution in [0, 0.1) is 0 Å². The molecule has 0 aliphatic carbocycles. The Morgan fingerprint density at radius 2 is 1.80 bits per heavy atom. The Bertz CT molecular complexity index is 866. The maximum absolute atomic E-state index is 12.4. The Labute approximate surface area is 147 Å². The van der Waals surface area contributed by atoms with Crippen LogP contribution in [0.15, 0.2) is 48.1 Å². The second-order valence-electron chi connectivity index (χ2n) is 5.85. The molecule has 0 atom stereocenters. The lowest BCUT2D eigenvalue weighted by molar-refractivity contribution is 0.0698. The van der Waals surface area contributed by atoms with Crippen LogP contribution in [0.1, 0.15) is 15.9 Å². The highest BCUT2D eigenvalue weighted by atomic mass is 32.2. The number of hydrogen-bond acceptors (Lipinski definition) is 4. The number of carbonyl (C=O) groups excluding carboxylic acids is 1. The van der Waals surface area contributed by atoms with Crippen molar-refractivity contribution in [3.63, 3.8) is 0 Å². The van der Waals surface area contributed by atoms with Crippen molar-refractivity contribution in [1.29, 1.82) is 0 Å². The maximum atomic E-state index is 12.4. The quantitative estimate of drug-likeness (QED) is 0.820. The van der Waals surface area contributed by atoms with Gasteiger partial charge in [-0.05, 0) is 11.6 Å². The summed E-state index contributed by atoms with van der Waals surface area (Å²) in [5, 5.41) is 5.22. The zero-order valence-electron chi connectivity index (χ0n) is 13.9. The molecule has 0 radical (unpaired) electrons. The molecule has 3 rings (SSSR count). The molecule has 1 saturated heterocycles. The number of rotatable bonds is 4. The molecule has 1 aromatic heterocycles. The fourth-order valence-corrected chi connectivity index (χ4v) is 3.85. The minimum Gasteiger partial charge on any atom is -0.336 e. The van der Waals surface area contributed by atoms with Gasteiger partial charge in [0.25, 0.3) is 5.91 Å². The lowest BCUT2D eigenvalue weighted by atomic mass is 10.2. The summed E-state index contributed by atoms with van der Waals surface area (Å²) in [5.74, 6) is -0.120. The number of hydrogen-bond donors (Lipinski definition) is 0. The average Bonchev–Trinajstić information content (AvgIpc) is 3.07. The van der Waals surface area contributed by atoms with E-state index in [4.69, 9.17) is 0 Å². The third kappa shape index (κ3) is 4.15. The van der Waals surface area contributed by atoms with Gasteiger partial charge >= 0.3 is 0 Å². The summed E-state index contributed by atoms with van der Waals surface area (Å²) in [6, 6.07) is 9.28. The monoisotopic (exact) mass is 360 g/mol. The van der Waals surface area contributed by atoms with Gasteiger partial charge in [-0.25, -0.2) is 8.42 Å². The predicted octanol–water partition coefficient (Wildman–Crippen LogP) is 1.18. The molecule has 2 heterocycles. The van der Waals surface area contributed by atoms with Crippen LogP contribution in [0.25, 0.3) is 6.08 Å². The Balaban J connectivity index is 1.61. The molecule has 1 aliphatic heterocycles. The Morgan fingerprint density at radius 1 is 1.12 bits per heavy atom. The molecule has 7 nitrogen and oxygen atoms in total. The molecule has 0 bridgehead atoms. The molecule has 132 valence electrons. The van der Waals surface area contributed by atoms with E-state index in [1.807, 2.05) is 30.3 Å². The molecule has 1 fully saturated rings. The fourth-order valence-electron chi connectivity index (χ4n) is 2.67. The number of carbonyl (C=O) groups is 1. The van der Waals surface area contributed by atoms with E-state index in [9.17, 15) is 13.2 Å². The third-order valence-corrected chi connectivity index (χ3v) is 5.63. The van der Waals surface area contributed by atoms with Gasteiger partial charge in [0.1, 0.15) is 0 Å². The van der Waals surface area contributed by atoms with E-state index in [1.165, 1.54) is 15.9 Å². The summed E-state index contributed by atoms with van der Waals surface area (Å²) in [4.78, 5) is 14.0. The molecule has 1 aliphatic rings. The minimum absolute atomic E-state index is 0.120. The number of benzene rings is 1. The summed E-state index contributed by atoms with van der Waals surface area (Å²) >= 11 is 0. The highest BCUT2D eigenvalue weighted by Crippen LogP contribution is 2.13. The summed E-state index contributed by atoms with van der Waals surface area (Å²) in [6.45, 7) is 1.30. The van der Waals surface area contributed by atoms with E-state index in [0.29, 0.717) is 18.7 Å². The second kappa shape index (κ2) is 7.20. The van der Waals surface area contributed by atoms with Crippen LogP contribution in [0.5, 0.6) is 0 Å². The van der Waals surface area contributed by atoms with E-state index in [1.54, 1.807) is 28.9 Å². The number of sulfonamides is 1. The molecule has 0 spiro atoms. The van der Waals surface area contributed by atoms with Crippen LogP contribution < -0.4 is 0 Å². The molecule has 1 aromatic carbocycles. The van der Waals surface area contributed by atoms with Gasteiger partial charge in [-0.2, -0.15) is 9.40 Å². The minimum atomic E-state index is -3.49. The number of nitrogens with zero attached hydrogens (tertiary/aromatic N) is 4. The topological polar surface area (TPSA) is 75.5 Å². The molecule has 0 saturated carbocycles. The summed E-state index contributed by atoms with van der Waals surface area (Å²) in [6.07, 6.45) is 4.77. The van der Waals surface area contributed by atoms with E-state index in [0.717, 1.165) is 5.56 Å². The Kier molecular flexibility index (Phi) is 5.00. The predicted molar refractivity (Wildman–Crippen MR) is 95.1 cm³/mol. The van der Waals surface area contributed by atoms with Gasteiger partial charge in [0.2, 0.25) is 10.0 Å². The van der Waals surface area contributed by atoms with Crippen molar-refractivity contribution in [3.05, 3.63) is 59.3 Å². The number of aromatic nitrogens is 2. The number of piperazine rings is 1. The second-order valence-corrected chi connectivity index (χ2v) is 7.67. The zero-order chi connectivity index (χ0) is 17.9. The molecular formula is C17H20N4O3S. The fraction of sp³-hybridized carbons (Fsp3) is 0.294. The summed E-state index contributed by atoms with van der Waals surface area (Å²) < 4.78 is 27.8. The van der Waals surface area contributed by atoms with Crippen LogP contribution in [0.4, 0.5) is 0 Å². The molecule has 25 heavy (non-hydrogen) atoms. The smallest absolute Gasteiger partial charge is 0.257 e. The van der Waals surface area contributed by atoms with Crippen molar-refractivity contribution in [2.75, 3.05) is 26.2 Å². The van der Waals surface area contributed by atoms with Gasteiger partial charge in [-0.3, -0.25) is 9.48 Å². The van der Waals surface area contributed by atoms with Gasteiger partial charge in [0, 0.05) is 44.8 Å². The molecule has 0 N–H and O–H groups in total. The van der Waals surface area contributed by atoms with Crippen molar-refractivity contribution >= 4 is 22.0 Å². The number of aryl methyl sites for hydroxylation is 1. The molecule has 8 heteroatoms. The first-order valence-corrected chi connectivity index (χ1v) is 9.47. The first-order valence-electron chi connectivity index (χ1n) is 7.97. The molecule has 2 aromatic rings. The standard InChI is InChI=1S/C17H20N4O3S/c1-19-14-16(13-18-19)17(22)20-8-10-21(11-9-20)25(23,24)12-7-15-5-3-2-4-6-15/h2-7,12-14H,8-11H2,1H3/b12-7+. The van der Waals surface area contributed by atoms with Crippen molar-refractivity contribution in [1.82, 2.24) is 19.0 Å². The van der Waals surface area contributed by atoms with Gasteiger partial charge in [0.05, 0.1) is 11.8 Å². The van der Waals surface area contributed by atoms with E-state index < -0.39 is 10.0 Å². The molecule has 1 amide bonds. The lowest BCUT2D eigenvalue weighted by Gasteiger charge is -2.33. The van der Waals surface area contributed by atoms with Crippen molar-refractivity contribution in [2.45, 2.75) is 0 Å². The lowest BCUT2D eigenvalue weighted by Crippen LogP contribution is -2.50. The first-order chi connectivity index (χ1) is 12.0. The highest BCUT2D eigenvalue weighted by molar-refractivity contribution is 7.92. The zero-order valence-corrected chi connectivity index (χ0v) is 14.8. The normalized spacial score (nSPS) is 16.4. The van der Waals surface area contributed by atoms with Gasteiger partial charge in [-0.1, -0.05) is 30.3 Å². The van der Waals surface area contributed by atoms with E-state index >= 15 is 0 Å². The van der Waals surface area contributed by atoms with Crippen molar-refractivity contribution in [3.8, 4) is 0 Å². The molecule has 0 unspecified atom stereocenters. The Morgan fingerprint density at radius 3 is 2.40 bits per heavy atom. The maximum Gasteiger partial charge on any atom is 0.257 e. The first kappa shape index (κ1) is 17.4. The average molecular weight is 360 g/mol. The van der Waals surface area contributed by atoms with Crippen LogP contribution in [-0.4, -0.2) is 59.5 Å². The van der Waals surface area contributed by atoms with E-state index in [-0.39, 0.29) is 19.0 Å². The van der Waals surface area contributed by atoms with Crippen molar-refractivity contribution < 1.29 is 13.2 Å². The van der Waals surface area contributed by atoms with Crippen LogP contribution >= 0.6 is 0 Å².